The number of aromatic hydroxyl groups is 1. The van der Waals surface area contributed by atoms with Crippen molar-refractivity contribution < 1.29 is 19.3 Å². The quantitative estimate of drug-likeness (QED) is 0.318. The van der Waals surface area contributed by atoms with Gasteiger partial charge in [0.15, 0.2) is 0 Å². The third kappa shape index (κ3) is 6.80. The first kappa shape index (κ1) is 23.3. The van der Waals surface area contributed by atoms with E-state index >= 15 is 0 Å². The van der Waals surface area contributed by atoms with Gasteiger partial charge in [0, 0.05) is 5.56 Å². The zero-order valence-electron chi connectivity index (χ0n) is 19.7. The van der Waals surface area contributed by atoms with Gasteiger partial charge in [0.25, 0.3) is 0 Å². The van der Waals surface area contributed by atoms with Crippen molar-refractivity contribution in [2.75, 3.05) is 26.4 Å². The second-order valence-corrected chi connectivity index (χ2v) is 8.87. The molecule has 4 aromatic rings. The molecule has 2 heterocycles. The van der Waals surface area contributed by atoms with Gasteiger partial charge >= 0.3 is 0 Å². The molecule has 2 aliphatic heterocycles. The topological polar surface area (TPSA) is 54.5 Å². The summed E-state index contributed by atoms with van der Waals surface area (Å²) in [5.41, 5.74) is 6.67. The third-order valence-electron chi connectivity index (χ3n) is 6.06. The molecule has 6 rings (SSSR count). The van der Waals surface area contributed by atoms with E-state index < -0.39 is 0 Å². The maximum Gasteiger partial charge on any atom is 0.123 e. The number of hydrogen-bond acceptors (Lipinski definition) is 4. The minimum absolute atomic E-state index is 0.310. The number of phenols is 1. The number of benzene rings is 4. The third-order valence-corrected chi connectivity index (χ3v) is 6.06. The van der Waals surface area contributed by atoms with E-state index in [0.717, 1.165) is 55.1 Å². The van der Waals surface area contributed by atoms with Gasteiger partial charge in [-0.25, -0.2) is 0 Å². The van der Waals surface area contributed by atoms with Gasteiger partial charge in [-0.1, -0.05) is 91.0 Å². The molecule has 178 valence electrons. The fourth-order valence-electron chi connectivity index (χ4n) is 3.97. The first-order chi connectivity index (χ1) is 17.3. The van der Waals surface area contributed by atoms with Gasteiger partial charge in [0.1, 0.15) is 18.0 Å². The molecule has 0 amide bonds. The Morgan fingerprint density at radius 3 is 1.91 bits per heavy atom. The molecule has 2 fully saturated rings. The van der Waals surface area contributed by atoms with Crippen LogP contribution in [0.2, 0.25) is 0 Å². The van der Waals surface area contributed by atoms with Crippen molar-refractivity contribution in [3.05, 3.63) is 114 Å². The average Bonchev–Trinajstić information content (AvgIpc) is 3.83. The Morgan fingerprint density at radius 1 is 0.657 bits per heavy atom. The van der Waals surface area contributed by atoms with Crippen LogP contribution in [0.4, 0.5) is 0 Å². The van der Waals surface area contributed by atoms with Crippen LogP contribution >= 0.6 is 0 Å². The number of hydrogen-bond donors (Lipinski definition) is 1. The first-order valence-electron chi connectivity index (χ1n) is 12.1. The predicted molar refractivity (Wildman–Crippen MR) is 139 cm³/mol. The van der Waals surface area contributed by atoms with Crippen molar-refractivity contribution in [3.63, 3.8) is 0 Å². The van der Waals surface area contributed by atoms with Crippen molar-refractivity contribution in [1.29, 1.82) is 0 Å². The molecule has 2 aliphatic rings. The molecular weight excluding hydrogens is 436 g/mol. The number of epoxide rings is 2. The summed E-state index contributed by atoms with van der Waals surface area (Å²) in [7, 11) is 0. The summed E-state index contributed by atoms with van der Waals surface area (Å²) in [5, 5.41) is 10.5. The fourth-order valence-corrected chi connectivity index (χ4v) is 3.97. The molecule has 0 saturated carbocycles. The second kappa shape index (κ2) is 11.3. The van der Waals surface area contributed by atoms with Crippen LogP contribution in [0, 0.1) is 0 Å². The summed E-state index contributed by atoms with van der Waals surface area (Å²) in [5.74, 6) is 0.310. The van der Waals surface area contributed by atoms with Crippen molar-refractivity contribution >= 4 is 0 Å². The van der Waals surface area contributed by atoms with Crippen LogP contribution in [0.15, 0.2) is 103 Å². The monoisotopic (exact) mass is 466 g/mol. The van der Waals surface area contributed by atoms with Crippen LogP contribution in [0.3, 0.4) is 0 Å². The summed E-state index contributed by atoms with van der Waals surface area (Å²) in [6.45, 7) is 3.26. The second-order valence-electron chi connectivity index (χ2n) is 8.87. The minimum atomic E-state index is 0.310. The van der Waals surface area contributed by atoms with E-state index in [0.29, 0.717) is 18.0 Å². The van der Waals surface area contributed by atoms with Gasteiger partial charge < -0.3 is 19.3 Å². The summed E-state index contributed by atoms with van der Waals surface area (Å²) in [6, 6.07) is 34.8. The minimum Gasteiger partial charge on any atom is -0.507 e. The van der Waals surface area contributed by atoms with E-state index in [-0.39, 0.29) is 0 Å². The summed E-state index contributed by atoms with van der Waals surface area (Å²) < 4.78 is 15.1. The average molecular weight is 467 g/mol. The van der Waals surface area contributed by atoms with Crippen LogP contribution in [0.5, 0.6) is 5.75 Å². The SMILES string of the molecule is C(OCC1CO1)C1CO1.Oc1ccc(-c2ccccc2)cc1-c1ccccc1Cc1ccccc1. The fraction of sp³-hybridized carbons (Fsp3) is 0.226. The van der Waals surface area contributed by atoms with Crippen molar-refractivity contribution in [2.24, 2.45) is 0 Å². The van der Waals surface area contributed by atoms with Crippen LogP contribution in [-0.2, 0) is 20.6 Å². The molecule has 0 aromatic heterocycles. The lowest BCUT2D eigenvalue weighted by Crippen LogP contribution is -2.06. The van der Waals surface area contributed by atoms with E-state index in [1.807, 2.05) is 36.4 Å². The number of ether oxygens (including phenoxy) is 3. The molecule has 0 radical (unpaired) electrons. The number of phenolic OH excluding ortho intramolecular Hbond substituents is 1. The van der Waals surface area contributed by atoms with E-state index in [4.69, 9.17) is 14.2 Å². The lowest BCUT2D eigenvalue weighted by atomic mass is 9.92. The number of rotatable bonds is 8. The van der Waals surface area contributed by atoms with Gasteiger partial charge in [-0.2, -0.15) is 0 Å². The van der Waals surface area contributed by atoms with Crippen LogP contribution in [-0.4, -0.2) is 43.7 Å². The van der Waals surface area contributed by atoms with Gasteiger partial charge in [0.05, 0.1) is 26.4 Å². The highest BCUT2D eigenvalue weighted by atomic mass is 16.6. The molecule has 2 atom stereocenters. The van der Waals surface area contributed by atoms with Gasteiger partial charge in [0.2, 0.25) is 0 Å². The molecule has 4 aromatic carbocycles. The Morgan fingerprint density at radius 2 is 1.26 bits per heavy atom. The zero-order chi connectivity index (χ0) is 23.9. The predicted octanol–water partition coefficient (Wildman–Crippen LogP) is 6.12. The molecule has 35 heavy (non-hydrogen) atoms. The van der Waals surface area contributed by atoms with E-state index in [1.54, 1.807) is 6.07 Å². The highest BCUT2D eigenvalue weighted by Gasteiger charge is 2.26. The van der Waals surface area contributed by atoms with Gasteiger partial charge in [-0.15, -0.1) is 0 Å². The highest BCUT2D eigenvalue weighted by Crippen LogP contribution is 2.36. The van der Waals surface area contributed by atoms with Crippen LogP contribution in [0.25, 0.3) is 22.3 Å². The molecular formula is C31H30O4. The van der Waals surface area contributed by atoms with Crippen molar-refractivity contribution in [1.82, 2.24) is 0 Å². The van der Waals surface area contributed by atoms with Crippen LogP contribution in [0.1, 0.15) is 11.1 Å². The van der Waals surface area contributed by atoms with Crippen molar-refractivity contribution in [3.8, 4) is 28.0 Å². The molecule has 0 aliphatic carbocycles. The maximum atomic E-state index is 10.5. The molecule has 0 spiro atoms. The van der Waals surface area contributed by atoms with Gasteiger partial charge in [-0.3, -0.25) is 0 Å². The Hall–Kier alpha value is -3.44. The van der Waals surface area contributed by atoms with Crippen LogP contribution < -0.4 is 0 Å². The molecule has 2 saturated heterocycles. The lowest BCUT2D eigenvalue weighted by Gasteiger charge is -2.13. The normalized spacial score (nSPS) is 17.8. The largest absolute Gasteiger partial charge is 0.507 e. The summed E-state index contributed by atoms with van der Waals surface area (Å²) >= 11 is 0. The molecule has 2 unspecified atom stereocenters. The molecule has 0 bridgehead atoms. The van der Waals surface area contributed by atoms with Crippen molar-refractivity contribution in [2.45, 2.75) is 18.6 Å². The smallest absolute Gasteiger partial charge is 0.123 e. The molecule has 4 heteroatoms. The van der Waals surface area contributed by atoms with Gasteiger partial charge in [-0.05, 0) is 46.4 Å². The standard InChI is InChI=1S/C25H20O.C6H10O3/c26-25-16-15-21(20-11-5-2-6-12-20)18-24(25)23-14-8-7-13-22(23)17-19-9-3-1-4-10-19;1(5-3-8-5)7-2-6-4-9-6/h1-16,18,26H,17H2;5-6H,1-4H2. The van der Waals surface area contributed by atoms with E-state index in [2.05, 4.69) is 60.7 Å². The summed E-state index contributed by atoms with van der Waals surface area (Å²) in [6.07, 6.45) is 1.62. The lowest BCUT2D eigenvalue weighted by molar-refractivity contribution is 0.102. The Balaban J connectivity index is 0.000000234. The zero-order valence-corrected chi connectivity index (χ0v) is 19.7. The molecule has 4 nitrogen and oxygen atoms in total. The highest BCUT2D eigenvalue weighted by molar-refractivity contribution is 5.79. The van der Waals surface area contributed by atoms with E-state index in [1.165, 1.54) is 11.1 Å². The van der Waals surface area contributed by atoms with E-state index in [9.17, 15) is 5.11 Å². The Labute approximate surface area is 206 Å². The Kier molecular flexibility index (Phi) is 7.54. The molecule has 1 N–H and O–H groups in total. The first-order valence-corrected chi connectivity index (χ1v) is 12.1. The summed E-state index contributed by atoms with van der Waals surface area (Å²) in [4.78, 5) is 0. The maximum absolute atomic E-state index is 10.5. The Bertz CT molecular complexity index is 1200.